The van der Waals surface area contributed by atoms with Gasteiger partial charge in [-0.25, -0.2) is 4.98 Å². The zero-order chi connectivity index (χ0) is 24.2. The van der Waals surface area contributed by atoms with E-state index in [9.17, 15) is 9.90 Å². The van der Waals surface area contributed by atoms with Crippen molar-refractivity contribution in [1.82, 2.24) is 9.88 Å². The first-order valence-corrected chi connectivity index (χ1v) is 13.4. The van der Waals surface area contributed by atoms with Crippen LogP contribution < -0.4 is 10.2 Å². The quantitative estimate of drug-likeness (QED) is 0.661. The number of carbonyl (C=O) groups is 1. The molecule has 2 saturated heterocycles. The molecule has 188 valence electrons. The normalized spacial score (nSPS) is 30.7. The number of aliphatic hydroxyl groups is 1. The van der Waals surface area contributed by atoms with Crippen molar-refractivity contribution in [3.05, 3.63) is 29.4 Å². The molecular formula is C27H35ClN4O3. The van der Waals surface area contributed by atoms with Crippen LogP contribution in [0.1, 0.15) is 45.4 Å². The van der Waals surface area contributed by atoms with Gasteiger partial charge in [-0.15, -0.1) is 0 Å². The number of aromatic nitrogens is 1. The Morgan fingerprint density at radius 2 is 1.91 bits per heavy atom. The second-order valence-electron chi connectivity index (χ2n) is 11.3. The van der Waals surface area contributed by atoms with Gasteiger partial charge >= 0.3 is 0 Å². The number of piperazine rings is 1. The number of nitrogens with zero attached hydrogens (tertiary/aromatic N) is 3. The summed E-state index contributed by atoms with van der Waals surface area (Å²) in [5.74, 6) is 0.875. The van der Waals surface area contributed by atoms with E-state index in [-0.39, 0.29) is 22.8 Å². The number of carbonyl (C=O) groups excluding carboxylic acids is 1. The Labute approximate surface area is 211 Å². The minimum Gasteiger partial charge on any atom is -0.389 e. The molecule has 1 amide bonds. The first-order valence-electron chi connectivity index (χ1n) is 13.0. The molecule has 4 aliphatic rings. The number of hydrogen-bond acceptors (Lipinski definition) is 6. The van der Waals surface area contributed by atoms with E-state index in [1.807, 2.05) is 12.1 Å². The van der Waals surface area contributed by atoms with Crippen molar-refractivity contribution in [3.8, 4) is 0 Å². The molecule has 0 radical (unpaired) electrons. The van der Waals surface area contributed by atoms with Gasteiger partial charge < -0.3 is 20.1 Å². The summed E-state index contributed by atoms with van der Waals surface area (Å²) in [6.45, 7) is 6.39. The van der Waals surface area contributed by atoms with Gasteiger partial charge in [0.1, 0.15) is 5.82 Å². The third kappa shape index (κ3) is 4.20. The molecule has 3 heterocycles. The van der Waals surface area contributed by atoms with Gasteiger partial charge in [-0.05, 0) is 55.2 Å². The lowest BCUT2D eigenvalue weighted by Crippen LogP contribution is -2.60. The smallest absolute Gasteiger partial charge is 0.229 e. The number of hydrogen-bond donors (Lipinski definition) is 2. The number of ether oxygens (including phenoxy) is 1. The summed E-state index contributed by atoms with van der Waals surface area (Å²) >= 11 is 6.69. The number of benzene rings is 1. The predicted molar refractivity (Wildman–Crippen MR) is 138 cm³/mol. The highest BCUT2D eigenvalue weighted by Crippen LogP contribution is 2.61. The Kier molecular flexibility index (Phi) is 5.95. The topological polar surface area (TPSA) is 77.9 Å². The number of pyridine rings is 1. The minimum atomic E-state index is -0.455. The van der Waals surface area contributed by atoms with Crippen molar-refractivity contribution < 1.29 is 14.6 Å². The van der Waals surface area contributed by atoms with Gasteiger partial charge in [0.2, 0.25) is 5.91 Å². The molecule has 2 aliphatic heterocycles. The van der Waals surface area contributed by atoms with Crippen LogP contribution in [0.25, 0.3) is 10.8 Å². The van der Waals surface area contributed by atoms with Crippen molar-refractivity contribution in [2.75, 3.05) is 49.6 Å². The maximum atomic E-state index is 12.9. The first-order chi connectivity index (χ1) is 16.9. The van der Waals surface area contributed by atoms with Crippen LogP contribution in [0.3, 0.4) is 0 Å². The molecule has 6 rings (SSSR count). The molecular weight excluding hydrogens is 464 g/mol. The Morgan fingerprint density at radius 1 is 1.14 bits per heavy atom. The molecule has 0 unspecified atom stereocenters. The maximum Gasteiger partial charge on any atom is 0.229 e. The molecule has 7 nitrogen and oxygen atoms in total. The fourth-order valence-electron chi connectivity index (χ4n) is 6.62. The lowest BCUT2D eigenvalue weighted by Gasteiger charge is -2.45. The van der Waals surface area contributed by atoms with Crippen LogP contribution in [0.2, 0.25) is 5.02 Å². The molecule has 3 atom stereocenters. The SMILES string of the molecule is C[C@@]1(N2CCN(c3cc4cc(NC(=O)[C@@H]5CC56CCCCC6)ncc4cc3Cl)CC2)COC[C@@H]1O. The molecule has 2 aromatic rings. The molecule has 2 N–H and O–H groups in total. The Bertz CT molecular complexity index is 1130. The van der Waals surface area contributed by atoms with Crippen LogP contribution in [-0.4, -0.2) is 71.9 Å². The van der Waals surface area contributed by atoms with Gasteiger partial charge in [0.05, 0.1) is 35.6 Å². The number of fused-ring (bicyclic) bond motifs is 1. The van der Waals surface area contributed by atoms with Gasteiger partial charge in [-0.3, -0.25) is 9.69 Å². The standard InChI is InChI=1S/C27H35ClN4O3/c1-26(17-35-16-23(26)33)32-9-7-31(8-10-32)22-12-18-13-24(29-15-19(18)11-21(22)28)30-25(34)20-14-27(20)5-3-2-4-6-27/h11-13,15,20,23,33H,2-10,14,16-17H2,1H3,(H,29,30,34)/t20-,23-,26+/m0/s1. The summed E-state index contributed by atoms with van der Waals surface area (Å²) in [5.41, 5.74) is 0.939. The first kappa shape index (κ1) is 23.5. The van der Waals surface area contributed by atoms with Crippen molar-refractivity contribution in [2.24, 2.45) is 11.3 Å². The van der Waals surface area contributed by atoms with E-state index in [0.717, 1.165) is 49.1 Å². The van der Waals surface area contributed by atoms with E-state index < -0.39 is 6.10 Å². The third-order valence-electron chi connectivity index (χ3n) is 9.12. The number of anilines is 2. The van der Waals surface area contributed by atoms with Crippen LogP contribution >= 0.6 is 11.6 Å². The molecule has 35 heavy (non-hydrogen) atoms. The fourth-order valence-corrected chi connectivity index (χ4v) is 6.91. The molecule has 1 spiro atoms. The van der Waals surface area contributed by atoms with Crippen LogP contribution in [0.15, 0.2) is 24.4 Å². The fraction of sp³-hybridized carbons (Fsp3) is 0.630. The lowest BCUT2D eigenvalue weighted by atomic mass is 9.84. The summed E-state index contributed by atoms with van der Waals surface area (Å²) in [6, 6.07) is 6.04. The zero-order valence-corrected chi connectivity index (χ0v) is 21.2. The summed E-state index contributed by atoms with van der Waals surface area (Å²) in [4.78, 5) is 22.1. The van der Waals surface area contributed by atoms with E-state index in [1.54, 1.807) is 6.20 Å². The van der Waals surface area contributed by atoms with Gasteiger partial charge in [0, 0.05) is 43.7 Å². The maximum absolute atomic E-state index is 12.9. The van der Waals surface area contributed by atoms with E-state index in [4.69, 9.17) is 16.3 Å². The molecule has 4 fully saturated rings. The molecule has 2 saturated carbocycles. The highest BCUT2D eigenvalue weighted by atomic mass is 35.5. The number of halogens is 1. The third-order valence-corrected chi connectivity index (χ3v) is 9.43. The van der Waals surface area contributed by atoms with Crippen LogP contribution in [0.4, 0.5) is 11.5 Å². The van der Waals surface area contributed by atoms with Gasteiger partial charge in [0.15, 0.2) is 0 Å². The van der Waals surface area contributed by atoms with Crippen LogP contribution in [0.5, 0.6) is 0 Å². The van der Waals surface area contributed by atoms with E-state index in [0.29, 0.717) is 24.1 Å². The number of nitrogens with one attached hydrogen (secondary N) is 1. The largest absolute Gasteiger partial charge is 0.389 e. The Hall–Kier alpha value is -1.93. The van der Waals surface area contributed by atoms with E-state index >= 15 is 0 Å². The number of amides is 1. The van der Waals surface area contributed by atoms with Crippen molar-refractivity contribution in [2.45, 2.75) is 57.1 Å². The zero-order valence-electron chi connectivity index (χ0n) is 20.4. The monoisotopic (exact) mass is 498 g/mol. The van der Waals surface area contributed by atoms with Crippen molar-refractivity contribution >= 4 is 39.8 Å². The Balaban J connectivity index is 1.15. The lowest BCUT2D eigenvalue weighted by molar-refractivity contribution is -0.118. The van der Waals surface area contributed by atoms with Crippen LogP contribution in [-0.2, 0) is 9.53 Å². The number of rotatable bonds is 4. The molecule has 0 bridgehead atoms. The summed E-state index contributed by atoms with van der Waals surface area (Å²) in [7, 11) is 0. The highest BCUT2D eigenvalue weighted by molar-refractivity contribution is 6.34. The molecule has 2 aliphatic carbocycles. The van der Waals surface area contributed by atoms with Gasteiger partial charge in [-0.1, -0.05) is 30.9 Å². The van der Waals surface area contributed by atoms with Gasteiger partial charge in [-0.2, -0.15) is 0 Å². The van der Waals surface area contributed by atoms with Crippen LogP contribution in [0, 0.1) is 11.3 Å². The van der Waals surface area contributed by atoms with Crippen molar-refractivity contribution in [3.63, 3.8) is 0 Å². The average Bonchev–Trinajstić information content (AvgIpc) is 3.44. The van der Waals surface area contributed by atoms with Crippen molar-refractivity contribution in [1.29, 1.82) is 0 Å². The highest BCUT2D eigenvalue weighted by Gasteiger charge is 2.57. The minimum absolute atomic E-state index is 0.121. The number of aliphatic hydroxyl groups excluding tert-OH is 1. The predicted octanol–water partition coefficient (Wildman–Crippen LogP) is 4.07. The summed E-state index contributed by atoms with van der Waals surface area (Å²) in [5, 5.41) is 16.2. The molecule has 1 aromatic heterocycles. The second-order valence-corrected chi connectivity index (χ2v) is 11.7. The molecule has 1 aromatic carbocycles. The summed E-state index contributed by atoms with van der Waals surface area (Å²) < 4.78 is 5.53. The molecule has 8 heteroatoms. The van der Waals surface area contributed by atoms with Gasteiger partial charge in [0.25, 0.3) is 0 Å². The van der Waals surface area contributed by atoms with E-state index in [1.165, 1.54) is 32.1 Å². The summed E-state index contributed by atoms with van der Waals surface area (Å²) in [6.07, 6.45) is 8.56. The Morgan fingerprint density at radius 3 is 2.63 bits per heavy atom. The second kappa shape index (κ2) is 8.87. The van der Waals surface area contributed by atoms with E-state index in [2.05, 4.69) is 33.1 Å². The average molecular weight is 499 g/mol.